The SMILES string of the molecule is COc1cc(C(=O)NC[C@](C)(O)c2cc3c(c(-c4ccc(F)cc4)n2)OC[C@H]3C(F)(F)F)cc2cccnc12. The monoisotopic (exact) mass is 541 g/mol. The van der Waals surface area contributed by atoms with Crippen molar-refractivity contribution >= 4 is 16.8 Å². The van der Waals surface area contributed by atoms with E-state index in [9.17, 15) is 27.5 Å². The first-order chi connectivity index (χ1) is 18.5. The summed E-state index contributed by atoms with van der Waals surface area (Å²) in [7, 11) is 1.45. The van der Waals surface area contributed by atoms with Crippen LogP contribution in [0.25, 0.3) is 22.2 Å². The first kappa shape index (κ1) is 26.4. The fraction of sp³-hybridized carbons (Fsp3) is 0.250. The number of amides is 1. The van der Waals surface area contributed by atoms with Crippen molar-refractivity contribution in [3.8, 4) is 22.8 Å². The number of benzene rings is 2. The normalized spacial score (nSPS) is 16.3. The zero-order chi connectivity index (χ0) is 27.9. The number of hydrogen-bond donors (Lipinski definition) is 2. The lowest BCUT2D eigenvalue weighted by Gasteiger charge is -2.25. The molecule has 0 saturated heterocycles. The van der Waals surface area contributed by atoms with E-state index in [2.05, 4.69) is 15.3 Å². The number of nitrogens with zero attached hydrogens (tertiary/aromatic N) is 2. The lowest BCUT2D eigenvalue weighted by Crippen LogP contribution is -2.39. The van der Waals surface area contributed by atoms with E-state index in [-0.39, 0.29) is 34.8 Å². The number of nitrogens with one attached hydrogen (secondary N) is 1. The lowest BCUT2D eigenvalue weighted by atomic mass is 9.93. The Kier molecular flexibility index (Phi) is 6.63. The number of aromatic nitrogens is 2. The quantitative estimate of drug-likeness (QED) is 0.329. The van der Waals surface area contributed by atoms with E-state index in [0.717, 1.165) is 18.2 Å². The van der Waals surface area contributed by atoms with Gasteiger partial charge in [0.05, 0.1) is 19.3 Å². The molecular formula is C28H23F4N3O4. The fourth-order valence-electron chi connectivity index (χ4n) is 4.46. The second-order valence-electron chi connectivity index (χ2n) is 9.40. The molecule has 3 heterocycles. The average molecular weight is 542 g/mol. The number of alkyl halides is 3. The summed E-state index contributed by atoms with van der Waals surface area (Å²) in [5.41, 5.74) is -1.02. The van der Waals surface area contributed by atoms with Crippen molar-refractivity contribution in [2.45, 2.75) is 24.6 Å². The Morgan fingerprint density at radius 2 is 1.92 bits per heavy atom. The van der Waals surface area contributed by atoms with Crippen LogP contribution >= 0.6 is 0 Å². The predicted molar refractivity (Wildman–Crippen MR) is 134 cm³/mol. The molecule has 1 aliphatic heterocycles. The maximum absolute atomic E-state index is 13.8. The minimum absolute atomic E-state index is 0.0348. The number of pyridine rings is 2. The molecule has 0 saturated carbocycles. The fourth-order valence-corrected chi connectivity index (χ4v) is 4.46. The Bertz CT molecular complexity index is 1560. The summed E-state index contributed by atoms with van der Waals surface area (Å²) in [6, 6.07) is 12.8. The Morgan fingerprint density at radius 3 is 2.62 bits per heavy atom. The molecule has 0 unspecified atom stereocenters. The van der Waals surface area contributed by atoms with Crippen LogP contribution in [-0.4, -0.2) is 47.4 Å². The molecule has 2 aromatic heterocycles. The molecule has 2 aromatic carbocycles. The second kappa shape index (κ2) is 9.81. The van der Waals surface area contributed by atoms with Crippen LogP contribution in [-0.2, 0) is 5.60 Å². The third-order valence-electron chi connectivity index (χ3n) is 6.58. The number of halogens is 4. The molecule has 1 amide bonds. The van der Waals surface area contributed by atoms with E-state index in [0.29, 0.717) is 22.2 Å². The smallest absolute Gasteiger partial charge is 0.399 e. The van der Waals surface area contributed by atoms with E-state index in [1.54, 1.807) is 24.4 Å². The minimum atomic E-state index is -4.60. The molecule has 7 nitrogen and oxygen atoms in total. The summed E-state index contributed by atoms with van der Waals surface area (Å²) in [6.07, 6.45) is -3.01. The van der Waals surface area contributed by atoms with Crippen molar-refractivity contribution in [2.24, 2.45) is 0 Å². The highest BCUT2D eigenvalue weighted by Gasteiger charge is 2.47. The zero-order valence-electron chi connectivity index (χ0n) is 20.8. The number of hydrogen-bond acceptors (Lipinski definition) is 6. The highest BCUT2D eigenvalue weighted by molar-refractivity contribution is 5.99. The average Bonchev–Trinajstić information content (AvgIpc) is 3.36. The van der Waals surface area contributed by atoms with E-state index in [1.807, 2.05) is 0 Å². The number of rotatable bonds is 6. The van der Waals surface area contributed by atoms with Crippen LogP contribution in [0.15, 0.2) is 60.8 Å². The van der Waals surface area contributed by atoms with Gasteiger partial charge < -0.3 is 19.9 Å². The van der Waals surface area contributed by atoms with Gasteiger partial charge in [0.15, 0.2) is 0 Å². The Balaban J connectivity index is 1.48. The summed E-state index contributed by atoms with van der Waals surface area (Å²) in [6.45, 7) is 0.320. The molecule has 0 aliphatic carbocycles. The molecule has 0 bridgehead atoms. The summed E-state index contributed by atoms with van der Waals surface area (Å²) in [4.78, 5) is 21.7. The van der Waals surface area contributed by atoms with Crippen molar-refractivity contribution in [3.63, 3.8) is 0 Å². The molecule has 4 aromatic rings. The standard InChI is InChI=1S/C28H23F4N3O4/c1-27(37,14-34-26(36)17-10-16-4-3-9-33-23(16)21(11-17)38-2)22-12-19-20(28(30,31)32)13-39-25(19)24(35-22)15-5-7-18(29)8-6-15/h3-12,20,37H,13-14H2,1-2H3,(H,34,36)/t20-,27+/m1/s1. The molecule has 39 heavy (non-hydrogen) atoms. The number of carbonyl (C=O) groups excluding carboxylic acids is 1. The van der Waals surface area contributed by atoms with Gasteiger partial charge in [-0.05, 0) is 55.5 Å². The number of aliphatic hydroxyl groups is 1. The minimum Gasteiger partial charge on any atom is -0.494 e. The largest absolute Gasteiger partial charge is 0.494 e. The van der Waals surface area contributed by atoms with Crippen molar-refractivity contribution < 1.29 is 36.9 Å². The highest BCUT2D eigenvalue weighted by atomic mass is 19.4. The van der Waals surface area contributed by atoms with Gasteiger partial charge in [-0.15, -0.1) is 0 Å². The molecule has 2 N–H and O–H groups in total. The van der Waals surface area contributed by atoms with Crippen molar-refractivity contribution in [3.05, 3.63) is 83.4 Å². The summed E-state index contributed by atoms with van der Waals surface area (Å²) in [5.74, 6) is -2.71. The van der Waals surface area contributed by atoms with Gasteiger partial charge in [-0.2, -0.15) is 13.2 Å². The summed E-state index contributed by atoms with van der Waals surface area (Å²) < 4.78 is 65.6. The number of carbonyl (C=O) groups is 1. The zero-order valence-corrected chi connectivity index (χ0v) is 20.8. The molecular weight excluding hydrogens is 518 g/mol. The lowest BCUT2D eigenvalue weighted by molar-refractivity contribution is -0.151. The van der Waals surface area contributed by atoms with E-state index >= 15 is 0 Å². The first-order valence-electron chi connectivity index (χ1n) is 11.9. The van der Waals surface area contributed by atoms with Crippen LogP contribution in [0.3, 0.4) is 0 Å². The van der Waals surface area contributed by atoms with E-state index in [4.69, 9.17) is 9.47 Å². The number of ether oxygens (including phenoxy) is 2. The van der Waals surface area contributed by atoms with Crippen LogP contribution in [0, 0.1) is 5.82 Å². The molecule has 0 radical (unpaired) electrons. The van der Waals surface area contributed by atoms with Crippen LogP contribution < -0.4 is 14.8 Å². The van der Waals surface area contributed by atoms with Gasteiger partial charge in [0.1, 0.15) is 46.7 Å². The van der Waals surface area contributed by atoms with Crippen molar-refractivity contribution in [1.29, 1.82) is 0 Å². The maximum atomic E-state index is 13.8. The van der Waals surface area contributed by atoms with E-state index < -0.39 is 36.0 Å². The van der Waals surface area contributed by atoms with Gasteiger partial charge in [-0.3, -0.25) is 9.78 Å². The molecule has 2 atom stereocenters. The van der Waals surface area contributed by atoms with Gasteiger partial charge >= 0.3 is 6.18 Å². The second-order valence-corrected chi connectivity index (χ2v) is 9.40. The predicted octanol–water partition coefficient (Wildman–Crippen LogP) is 5.12. The van der Waals surface area contributed by atoms with E-state index in [1.165, 1.54) is 32.2 Å². The topological polar surface area (TPSA) is 93.6 Å². The third-order valence-corrected chi connectivity index (χ3v) is 6.58. The van der Waals surface area contributed by atoms with Gasteiger partial charge in [0.25, 0.3) is 5.91 Å². The molecule has 5 rings (SSSR count). The summed E-state index contributed by atoms with van der Waals surface area (Å²) in [5, 5.41) is 14.6. The van der Waals surface area contributed by atoms with Crippen molar-refractivity contribution in [2.75, 3.05) is 20.3 Å². The number of methoxy groups -OCH3 is 1. The summed E-state index contributed by atoms with van der Waals surface area (Å²) >= 11 is 0. The highest BCUT2D eigenvalue weighted by Crippen LogP contribution is 2.48. The van der Waals surface area contributed by atoms with Crippen molar-refractivity contribution in [1.82, 2.24) is 15.3 Å². The van der Waals surface area contributed by atoms with Gasteiger partial charge in [0, 0.05) is 28.3 Å². The Morgan fingerprint density at radius 1 is 1.18 bits per heavy atom. The molecule has 11 heteroatoms. The van der Waals surface area contributed by atoms with Gasteiger partial charge in [-0.25, -0.2) is 9.37 Å². The van der Waals surface area contributed by atoms with Crippen LogP contribution in [0.5, 0.6) is 11.5 Å². The van der Waals surface area contributed by atoms with Crippen LogP contribution in [0.4, 0.5) is 17.6 Å². The van der Waals surface area contributed by atoms with Gasteiger partial charge in [-0.1, -0.05) is 6.07 Å². The first-order valence-corrected chi connectivity index (χ1v) is 11.9. The molecule has 0 fully saturated rings. The molecule has 1 aliphatic rings. The molecule has 202 valence electrons. The molecule has 0 spiro atoms. The Hall–Kier alpha value is -4.25. The third kappa shape index (κ3) is 5.09. The van der Waals surface area contributed by atoms with Crippen LogP contribution in [0.2, 0.25) is 0 Å². The van der Waals surface area contributed by atoms with Crippen LogP contribution in [0.1, 0.15) is 34.5 Å². The van der Waals surface area contributed by atoms with Gasteiger partial charge in [0.2, 0.25) is 0 Å². The Labute approximate surface area is 220 Å². The maximum Gasteiger partial charge on any atom is 0.399 e. The number of fused-ring (bicyclic) bond motifs is 2.